The first kappa shape index (κ1) is 64.8. The van der Waals surface area contributed by atoms with Gasteiger partial charge in [-0.05, 0) is 147 Å². The number of aromatic nitrogens is 4. The van der Waals surface area contributed by atoms with Crippen molar-refractivity contribution in [3.63, 3.8) is 0 Å². The van der Waals surface area contributed by atoms with E-state index in [-0.39, 0.29) is 5.92 Å². The monoisotopic (exact) mass is 1460 g/mol. The summed E-state index contributed by atoms with van der Waals surface area (Å²) in [6, 6.07) is 138. The van der Waals surface area contributed by atoms with Crippen molar-refractivity contribution in [1.82, 2.24) is 19.9 Å². The topological polar surface area (TPSA) is 70.0 Å². The van der Waals surface area contributed by atoms with Crippen LogP contribution in [0.2, 0.25) is 0 Å². The van der Waals surface area contributed by atoms with Crippen LogP contribution in [0.15, 0.2) is 388 Å². The minimum atomic E-state index is -0.562. The summed E-state index contributed by atoms with van der Waals surface area (Å²) in [6.45, 7) is 0. The molecule has 0 radical (unpaired) electrons. The van der Waals surface area contributed by atoms with Gasteiger partial charge in [-0.2, -0.15) is 0 Å². The Morgan fingerprint density at radius 2 is 0.635 bits per heavy atom. The highest BCUT2D eigenvalue weighted by molar-refractivity contribution is 6.09. The maximum Gasteiger partial charge on any atom is 0.160 e. The molecular weight excluding hydrogens is 1400 g/mol. The Balaban J connectivity index is 0.561. The van der Waals surface area contributed by atoms with Crippen molar-refractivity contribution in [1.29, 1.82) is 0 Å². The van der Waals surface area contributed by atoms with Crippen LogP contribution in [-0.4, -0.2) is 19.9 Å². The second-order valence-electron chi connectivity index (χ2n) is 30.9. The Morgan fingerprint density at radius 3 is 1.19 bits per heavy atom. The van der Waals surface area contributed by atoms with Gasteiger partial charge in [-0.3, -0.25) is 0 Å². The second kappa shape index (κ2) is 25.3. The van der Waals surface area contributed by atoms with E-state index < -0.39 is 10.8 Å². The molecule has 0 bridgehead atoms. The predicted octanol–water partition coefficient (Wildman–Crippen LogP) is 27.2. The zero-order valence-corrected chi connectivity index (χ0v) is 62.2. The number of ether oxygens (including phenoxy) is 2. The molecule has 115 heavy (non-hydrogen) atoms. The predicted molar refractivity (Wildman–Crippen MR) is 466 cm³/mol. The molecule has 17 aromatic carbocycles. The van der Waals surface area contributed by atoms with Crippen molar-refractivity contribution in [2.75, 3.05) is 0 Å². The van der Waals surface area contributed by atoms with E-state index >= 15 is 0 Å². The Bertz CT molecular complexity index is 7260. The molecule has 0 N–H and O–H groups in total. The lowest BCUT2D eigenvalue weighted by Crippen LogP contribution is -2.32. The number of allylic oxidation sites excluding steroid dienone is 1. The van der Waals surface area contributed by atoms with Crippen molar-refractivity contribution >= 4 is 38.4 Å². The minimum Gasteiger partial charge on any atom is -0.456 e. The first-order valence-corrected chi connectivity index (χ1v) is 39.5. The maximum atomic E-state index is 7.12. The van der Waals surface area contributed by atoms with Gasteiger partial charge in [0.25, 0.3) is 0 Å². The molecule has 19 aromatic rings. The lowest BCUT2D eigenvalue weighted by molar-refractivity contribution is 0.438. The number of nitrogens with zero attached hydrogens (tertiary/aromatic N) is 4. The van der Waals surface area contributed by atoms with Crippen LogP contribution in [0.25, 0.3) is 151 Å². The van der Waals surface area contributed by atoms with Crippen molar-refractivity contribution in [2.24, 2.45) is 0 Å². The first-order valence-electron chi connectivity index (χ1n) is 39.5. The fraction of sp³-hybridized carbons (Fsp3) is 0.0275. The van der Waals surface area contributed by atoms with Crippen molar-refractivity contribution in [2.45, 2.75) is 16.7 Å². The highest BCUT2D eigenvalue weighted by Crippen LogP contribution is 2.65. The number of hydrogen-bond acceptors (Lipinski definition) is 6. The summed E-state index contributed by atoms with van der Waals surface area (Å²) in [5.41, 5.74) is 30.5. The van der Waals surface area contributed by atoms with E-state index in [1.807, 2.05) is 6.07 Å². The van der Waals surface area contributed by atoms with Crippen LogP contribution in [-0.2, 0) is 10.8 Å². The molecule has 534 valence electrons. The van der Waals surface area contributed by atoms with Crippen LogP contribution < -0.4 is 9.47 Å². The van der Waals surface area contributed by atoms with E-state index in [0.717, 1.165) is 140 Å². The van der Waals surface area contributed by atoms with Gasteiger partial charge < -0.3 is 9.47 Å². The standard InChI is InChI=1S/C109H66N4O2/c1-2-22-72(23-3-1)106-110-98(71-52-45-69(46-53-71)83-31-20-40-96-105(83)115-102-42-17-15-38-94(102)109(96)91-35-12-8-28-86(91)87-29-9-13-36-92(87)109)65-100(113-106)78-62-76-24-18-32-88-80(60-58-77(63-78)103(76)88)67-47-54-73(55-48-67)107-111-97(64-99(112-107)75-57-59-81-74(61-75)56-49-66-21-4-5-25-79(66)81)70-50-43-68(44-51-70)82-30-19-39-95-104(82)114-101-41-16-14-37-93(101)108(95)89-33-10-6-26-84(89)85-27-7-11-34-90(85)108/h1-65,80H. The van der Waals surface area contributed by atoms with Gasteiger partial charge >= 0.3 is 0 Å². The molecule has 4 heterocycles. The first-order chi connectivity index (χ1) is 57.0. The zero-order valence-electron chi connectivity index (χ0n) is 62.2. The summed E-state index contributed by atoms with van der Waals surface area (Å²) in [4.78, 5) is 21.6. The van der Waals surface area contributed by atoms with Gasteiger partial charge in [0, 0.05) is 72.7 Å². The third-order valence-electron chi connectivity index (χ3n) is 24.9. The summed E-state index contributed by atoms with van der Waals surface area (Å²) in [6.07, 6.45) is 4.65. The van der Waals surface area contributed by atoms with Gasteiger partial charge in [0.15, 0.2) is 11.6 Å². The fourth-order valence-corrected chi connectivity index (χ4v) is 19.8. The van der Waals surface area contributed by atoms with Crippen LogP contribution in [0, 0.1) is 0 Å². The highest BCUT2D eigenvalue weighted by Gasteiger charge is 2.53. The van der Waals surface area contributed by atoms with Crippen LogP contribution in [0.3, 0.4) is 0 Å². The van der Waals surface area contributed by atoms with Crippen molar-refractivity contribution in [3.05, 3.63) is 449 Å². The molecule has 0 saturated heterocycles. The largest absolute Gasteiger partial charge is 0.456 e. The van der Waals surface area contributed by atoms with Crippen LogP contribution in [0.4, 0.5) is 0 Å². The molecule has 6 heteroatoms. The van der Waals surface area contributed by atoms with Gasteiger partial charge in [0.2, 0.25) is 0 Å². The molecule has 5 aliphatic rings. The smallest absolute Gasteiger partial charge is 0.160 e. The molecule has 24 rings (SSSR count). The molecule has 0 fully saturated rings. The van der Waals surface area contributed by atoms with Crippen molar-refractivity contribution < 1.29 is 9.47 Å². The summed E-state index contributed by atoms with van der Waals surface area (Å²) in [5, 5.41) is 7.18. The van der Waals surface area contributed by atoms with Gasteiger partial charge in [-0.15, -0.1) is 0 Å². The summed E-state index contributed by atoms with van der Waals surface area (Å²) in [7, 11) is 0. The van der Waals surface area contributed by atoms with Crippen molar-refractivity contribution in [3.8, 4) is 135 Å². The van der Waals surface area contributed by atoms with Gasteiger partial charge in [-0.1, -0.05) is 352 Å². The third-order valence-corrected chi connectivity index (χ3v) is 24.9. The Morgan fingerprint density at radius 1 is 0.243 bits per heavy atom. The molecule has 3 aliphatic carbocycles. The average Bonchev–Trinajstić information content (AvgIpc) is 1.52. The minimum absolute atomic E-state index is 0.00359. The lowest BCUT2D eigenvalue weighted by Gasteiger charge is -2.40. The number of rotatable bonds is 9. The molecule has 2 aromatic heterocycles. The van der Waals surface area contributed by atoms with E-state index in [1.54, 1.807) is 0 Å². The van der Waals surface area contributed by atoms with E-state index in [4.69, 9.17) is 29.4 Å². The molecule has 0 saturated carbocycles. The summed E-state index contributed by atoms with van der Waals surface area (Å²) >= 11 is 0. The van der Waals surface area contributed by atoms with E-state index in [2.05, 4.69) is 388 Å². The molecule has 2 aliphatic heterocycles. The number of fused-ring (bicyclic) bond motifs is 21. The zero-order chi connectivity index (χ0) is 75.5. The summed E-state index contributed by atoms with van der Waals surface area (Å²) in [5.74, 6) is 4.77. The highest BCUT2D eigenvalue weighted by atomic mass is 16.5. The fourth-order valence-electron chi connectivity index (χ4n) is 19.8. The Labute approximate surface area is 665 Å². The van der Waals surface area contributed by atoms with Gasteiger partial charge in [-0.25, -0.2) is 19.9 Å². The normalized spacial score (nSPS) is 14.2. The van der Waals surface area contributed by atoms with Gasteiger partial charge in [0.1, 0.15) is 23.0 Å². The molecule has 0 amide bonds. The molecule has 1 unspecified atom stereocenters. The Hall–Kier alpha value is -15.0. The van der Waals surface area contributed by atoms with Crippen LogP contribution in [0.1, 0.15) is 67.1 Å². The third kappa shape index (κ3) is 9.76. The molecule has 1 atom stereocenters. The number of para-hydroxylation sites is 4. The van der Waals surface area contributed by atoms with Crippen LogP contribution in [0.5, 0.6) is 23.0 Å². The van der Waals surface area contributed by atoms with E-state index in [9.17, 15) is 0 Å². The maximum absolute atomic E-state index is 7.12. The molecular formula is C109H66N4O2. The average molecular weight is 1460 g/mol. The quantitative estimate of drug-likeness (QED) is 0.134. The second-order valence-corrected chi connectivity index (χ2v) is 30.9. The molecule has 2 spiro atoms. The summed E-state index contributed by atoms with van der Waals surface area (Å²) < 4.78 is 14.2. The number of hydrogen-bond donors (Lipinski definition) is 0. The lowest BCUT2D eigenvalue weighted by atomic mass is 9.65. The van der Waals surface area contributed by atoms with E-state index in [1.165, 1.54) is 77.2 Å². The van der Waals surface area contributed by atoms with Gasteiger partial charge in [0.05, 0.1) is 33.6 Å². The van der Waals surface area contributed by atoms with E-state index in [0.29, 0.717) is 11.6 Å². The Kier molecular flexibility index (Phi) is 14.2. The molecule has 6 nitrogen and oxygen atoms in total. The number of benzene rings is 17. The van der Waals surface area contributed by atoms with Crippen LogP contribution >= 0.6 is 0 Å². The SMILES string of the molecule is C1=CC(c2ccc(-c3nc(-c4ccc(-c5cccc6c5Oc5ccccc5C65c6ccccc6-c6ccccc65)cc4)cc(-c4ccc5c(ccc6ccccc65)c4)n3)cc2)c2cccc3cc(-c4cc(-c5ccc(-c6cccc7c6Oc6ccccc6C76c7ccccc7-c7ccccc76)cc5)nc(-c5ccccc5)n4)cc1c23.